The first-order valence-corrected chi connectivity index (χ1v) is 11.0. The van der Waals surface area contributed by atoms with Crippen LogP contribution in [0.4, 0.5) is 0 Å². The maximum atomic E-state index is 11.6. The van der Waals surface area contributed by atoms with Gasteiger partial charge in [0.25, 0.3) is 0 Å². The molecule has 0 radical (unpaired) electrons. The molecular formula is C22H44O3. The predicted molar refractivity (Wildman–Crippen MR) is 107 cm³/mol. The summed E-state index contributed by atoms with van der Waals surface area (Å²) < 4.78 is 10.5. The molecule has 150 valence electrons. The third kappa shape index (κ3) is 21.4. The first-order chi connectivity index (χ1) is 12.3. The van der Waals surface area contributed by atoms with Crippen molar-refractivity contribution in [2.45, 2.75) is 117 Å². The Morgan fingerprint density at radius 2 is 1.04 bits per heavy atom. The molecule has 0 rings (SSSR count). The molecule has 0 amide bonds. The molecule has 0 N–H and O–H groups in total. The van der Waals surface area contributed by atoms with E-state index in [1.807, 2.05) is 0 Å². The molecule has 0 spiro atoms. The van der Waals surface area contributed by atoms with Gasteiger partial charge in [-0.3, -0.25) is 4.79 Å². The van der Waals surface area contributed by atoms with Gasteiger partial charge in [0.05, 0.1) is 6.61 Å². The van der Waals surface area contributed by atoms with E-state index in [2.05, 4.69) is 13.8 Å². The van der Waals surface area contributed by atoms with Crippen LogP contribution >= 0.6 is 0 Å². The fourth-order valence-electron chi connectivity index (χ4n) is 2.92. The smallest absolute Gasteiger partial charge is 0.305 e. The van der Waals surface area contributed by atoms with Crippen molar-refractivity contribution < 1.29 is 14.3 Å². The van der Waals surface area contributed by atoms with Crippen molar-refractivity contribution in [1.82, 2.24) is 0 Å². The number of esters is 1. The fourth-order valence-corrected chi connectivity index (χ4v) is 2.92. The highest BCUT2D eigenvalue weighted by atomic mass is 16.6. The van der Waals surface area contributed by atoms with Gasteiger partial charge in [0, 0.05) is 13.0 Å². The first kappa shape index (κ1) is 24.4. The molecule has 0 aromatic rings. The molecule has 0 aliphatic rings. The number of ether oxygens (including phenoxy) is 2. The van der Waals surface area contributed by atoms with E-state index in [4.69, 9.17) is 9.47 Å². The monoisotopic (exact) mass is 356 g/mol. The van der Waals surface area contributed by atoms with E-state index < -0.39 is 0 Å². The summed E-state index contributed by atoms with van der Waals surface area (Å²) >= 11 is 0. The average molecular weight is 357 g/mol. The molecule has 0 unspecified atom stereocenters. The van der Waals surface area contributed by atoms with Crippen molar-refractivity contribution in [1.29, 1.82) is 0 Å². The molecule has 0 aliphatic heterocycles. The lowest BCUT2D eigenvalue weighted by Crippen LogP contribution is -2.10. The fraction of sp³-hybridized carbons (Fsp3) is 0.955. The Hall–Kier alpha value is -0.570. The lowest BCUT2D eigenvalue weighted by atomic mass is 10.0. The Kier molecular flexibility index (Phi) is 21.0. The summed E-state index contributed by atoms with van der Waals surface area (Å²) in [6.07, 6.45) is 20.0. The van der Waals surface area contributed by atoms with Crippen LogP contribution in [0.25, 0.3) is 0 Å². The van der Waals surface area contributed by atoms with Crippen LogP contribution in [0, 0.1) is 0 Å². The second-order valence-corrected chi connectivity index (χ2v) is 7.18. The summed E-state index contributed by atoms with van der Waals surface area (Å²) in [5, 5.41) is 0. The van der Waals surface area contributed by atoms with Crippen LogP contribution in [0.5, 0.6) is 0 Å². The highest BCUT2D eigenvalue weighted by Gasteiger charge is 2.02. The van der Waals surface area contributed by atoms with Gasteiger partial charge in [-0.05, 0) is 12.8 Å². The van der Waals surface area contributed by atoms with Crippen molar-refractivity contribution in [3.63, 3.8) is 0 Å². The van der Waals surface area contributed by atoms with E-state index in [-0.39, 0.29) is 5.97 Å². The Labute approximate surface area is 157 Å². The zero-order valence-electron chi connectivity index (χ0n) is 17.2. The van der Waals surface area contributed by atoms with Crippen molar-refractivity contribution in [3.05, 3.63) is 0 Å². The molecule has 3 nitrogen and oxygen atoms in total. The molecule has 0 fully saturated rings. The number of rotatable bonds is 20. The summed E-state index contributed by atoms with van der Waals surface area (Å²) in [6.45, 7) is 6.12. The molecule has 0 heterocycles. The molecule has 3 heteroatoms. The van der Waals surface area contributed by atoms with E-state index in [0.717, 1.165) is 32.3 Å². The van der Waals surface area contributed by atoms with Gasteiger partial charge in [0.15, 0.2) is 0 Å². The van der Waals surface area contributed by atoms with Crippen LogP contribution in [0.15, 0.2) is 0 Å². The third-order valence-corrected chi connectivity index (χ3v) is 4.62. The van der Waals surface area contributed by atoms with Crippen LogP contribution < -0.4 is 0 Å². The predicted octanol–water partition coefficient (Wildman–Crippen LogP) is 6.83. The largest absolute Gasteiger partial charge is 0.463 e. The SMILES string of the molecule is CCCCCCCCCCCCCCCC(=O)OCCOCCCC. The van der Waals surface area contributed by atoms with Crippen molar-refractivity contribution in [3.8, 4) is 0 Å². The quantitative estimate of drug-likeness (QED) is 0.177. The van der Waals surface area contributed by atoms with Gasteiger partial charge in [0.1, 0.15) is 6.61 Å². The zero-order chi connectivity index (χ0) is 18.4. The van der Waals surface area contributed by atoms with Gasteiger partial charge < -0.3 is 9.47 Å². The summed E-state index contributed by atoms with van der Waals surface area (Å²) in [5.74, 6) is -0.0674. The van der Waals surface area contributed by atoms with Gasteiger partial charge in [-0.2, -0.15) is 0 Å². The molecule has 0 aromatic carbocycles. The second kappa shape index (κ2) is 21.5. The number of unbranched alkanes of at least 4 members (excludes halogenated alkanes) is 13. The van der Waals surface area contributed by atoms with Crippen molar-refractivity contribution in [2.75, 3.05) is 19.8 Å². The minimum atomic E-state index is -0.0674. The Bertz CT molecular complexity index is 266. The van der Waals surface area contributed by atoms with E-state index in [1.54, 1.807) is 0 Å². The van der Waals surface area contributed by atoms with Crippen LogP contribution in [-0.4, -0.2) is 25.8 Å². The molecule has 25 heavy (non-hydrogen) atoms. The van der Waals surface area contributed by atoms with Gasteiger partial charge in [-0.15, -0.1) is 0 Å². The molecule has 0 saturated heterocycles. The highest BCUT2D eigenvalue weighted by Crippen LogP contribution is 2.13. The molecule has 0 atom stereocenters. The Balaban J connectivity index is 3.11. The molecule has 0 saturated carbocycles. The Morgan fingerprint density at radius 1 is 0.560 bits per heavy atom. The van der Waals surface area contributed by atoms with Gasteiger partial charge in [-0.1, -0.05) is 97.3 Å². The van der Waals surface area contributed by atoms with Gasteiger partial charge in [-0.25, -0.2) is 0 Å². The van der Waals surface area contributed by atoms with Crippen LogP contribution in [-0.2, 0) is 14.3 Å². The minimum absolute atomic E-state index is 0.0674. The first-order valence-electron chi connectivity index (χ1n) is 11.0. The second-order valence-electron chi connectivity index (χ2n) is 7.18. The molecular weight excluding hydrogens is 312 g/mol. The molecule has 0 aliphatic carbocycles. The van der Waals surface area contributed by atoms with E-state index in [1.165, 1.54) is 70.6 Å². The standard InChI is InChI=1S/C22H44O3/c1-3-5-7-8-9-10-11-12-13-14-15-16-17-18-22(23)25-21-20-24-19-6-4-2/h3-21H2,1-2H3. The minimum Gasteiger partial charge on any atom is -0.463 e. The molecule has 0 bridgehead atoms. The lowest BCUT2D eigenvalue weighted by molar-refractivity contribution is -0.145. The summed E-state index contributed by atoms with van der Waals surface area (Å²) in [7, 11) is 0. The maximum absolute atomic E-state index is 11.6. The zero-order valence-corrected chi connectivity index (χ0v) is 17.2. The number of hydrogen-bond donors (Lipinski definition) is 0. The average Bonchev–Trinajstić information content (AvgIpc) is 2.62. The number of hydrogen-bond acceptors (Lipinski definition) is 3. The topological polar surface area (TPSA) is 35.5 Å². The maximum Gasteiger partial charge on any atom is 0.305 e. The van der Waals surface area contributed by atoms with Gasteiger partial charge >= 0.3 is 5.97 Å². The number of carbonyl (C=O) groups excluding carboxylic acids is 1. The van der Waals surface area contributed by atoms with Crippen LogP contribution in [0.1, 0.15) is 117 Å². The van der Waals surface area contributed by atoms with E-state index in [0.29, 0.717) is 19.6 Å². The summed E-state index contributed by atoms with van der Waals surface area (Å²) in [6, 6.07) is 0. The lowest BCUT2D eigenvalue weighted by Gasteiger charge is -2.06. The summed E-state index contributed by atoms with van der Waals surface area (Å²) in [4.78, 5) is 11.6. The Morgan fingerprint density at radius 3 is 1.56 bits per heavy atom. The normalized spacial score (nSPS) is 11.0. The van der Waals surface area contributed by atoms with Crippen LogP contribution in [0.2, 0.25) is 0 Å². The number of carbonyl (C=O) groups is 1. The van der Waals surface area contributed by atoms with Gasteiger partial charge in [0.2, 0.25) is 0 Å². The van der Waals surface area contributed by atoms with Crippen molar-refractivity contribution >= 4 is 5.97 Å². The third-order valence-electron chi connectivity index (χ3n) is 4.62. The van der Waals surface area contributed by atoms with E-state index in [9.17, 15) is 4.79 Å². The van der Waals surface area contributed by atoms with Crippen molar-refractivity contribution in [2.24, 2.45) is 0 Å². The van der Waals surface area contributed by atoms with E-state index >= 15 is 0 Å². The summed E-state index contributed by atoms with van der Waals surface area (Å²) in [5.41, 5.74) is 0. The van der Waals surface area contributed by atoms with Crippen LogP contribution in [0.3, 0.4) is 0 Å². The highest BCUT2D eigenvalue weighted by molar-refractivity contribution is 5.69. The molecule has 0 aromatic heterocycles.